The lowest BCUT2D eigenvalue weighted by atomic mass is 9.99. The van der Waals surface area contributed by atoms with Gasteiger partial charge < -0.3 is 0 Å². The van der Waals surface area contributed by atoms with E-state index < -0.39 is 0 Å². The molecule has 1 aliphatic rings. The van der Waals surface area contributed by atoms with Gasteiger partial charge in [-0.3, -0.25) is 9.88 Å². The van der Waals surface area contributed by atoms with E-state index in [0.717, 1.165) is 38.0 Å². The smallest absolute Gasteiger partial charge is 0.0708 e. The summed E-state index contributed by atoms with van der Waals surface area (Å²) in [6.07, 6.45) is 4.15. The van der Waals surface area contributed by atoms with Crippen molar-refractivity contribution in [3.05, 3.63) is 53.7 Å². The van der Waals surface area contributed by atoms with E-state index in [4.69, 9.17) is 4.98 Å². The lowest BCUT2D eigenvalue weighted by Crippen LogP contribution is -2.26. The number of hydrogen-bond donors (Lipinski definition) is 0. The average Bonchev–Trinajstić information content (AvgIpc) is 2.63. The number of aryl methyl sites for hydroxylation is 1. The molecule has 1 aliphatic heterocycles. The third-order valence-electron chi connectivity index (χ3n) is 4.09. The van der Waals surface area contributed by atoms with Crippen LogP contribution in [0.15, 0.2) is 36.9 Å². The van der Waals surface area contributed by atoms with Crippen molar-refractivity contribution in [1.82, 2.24) is 9.88 Å². The zero-order valence-electron chi connectivity index (χ0n) is 12.3. The first kappa shape index (κ1) is 18.0. The fourth-order valence-electron chi connectivity index (χ4n) is 3.03. The molecule has 0 atom stereocenters. The summed E-state index contributed by atoms with van der Waals surface area (Å²) in [5.41, 5.74) is 5.31. The second-order valence-electron chi connectivity index (χ2n) is 5.27. The minimum atomic E-state index is 0. The van der Waals surface area contributed by atoms with Gasteiger partial charge in [0.1, 0.15) is 0 Å². The van der Waals surface area contributed by atoms with Crippen molar-refractivity contribution in [1.29, 1.82) is 0 Å². The minimum Gasteiger partial charge on any atom is -0.299 e. The van der Waals surface area contributed by atoms with E-state index >= 15 is 0 Å². The first-order valence-corrected chi connectivity index (χ1v) is 7.00. The van der Waals surface area contributed by atoms with Crippen molar-refractivity contribution < 1.29 is 0 Å². The highest BCUT2D eigenvalue weighted by Gasteiger charge is 2.17. The first-order chi connectivity index (χ1) is 9.29. The van der Waals surface area contributed by atoms with Crippen LogP contribution >= 0.6 is 24.8 Å². The van der Waals surface area contributed by atoms with Crippen LogP contribution in [0.5, 0.6) is 0 Å². The predicted molar refractivity (Wildman–Crippen MR) is 95.0 cm³/mol. The molecule has 1 aromatic carbocycles. The molecule has 21 heavy (non-hydrogen) atoms. The highest BCUT2D eigenvalue weighted by atomic mass is 35.5. The molecule has 0 bridgehead atoms. The van der Waals surface area contributed by atoms with Crippen LogP contribution in [0.2, 0.25) is 0 Å². The van der Waals surface area contributed by atoms with E-state index in [1.807, 2.05) is 6.08 Å². The van der Waals surface area contributed by atoms with Gasteiger partial charge >= 0.3 is 0 Å². The van der Waals surface area contributed by atoms with Gasteiger partial charge in [-0.1, -0.05) is 24.3 Å². The van der Waals surface area contributed by atoms with Crippen molar-refractivity contribution in [3.63, 3.8) is 0 Å². The summed E-state index contributed by atoms with van der Waals surface area (Å²) in [6, 6.07) is 8.48. The molecule has 0 unspecified atom stereocenters. The van der Waals surface area contributed by atoms with Crippen LogP contribution in [-0.4, -0.2) is 29.5 Å². The Morgan fingerprint density at radius 3 is 2.67 bits per heavy atom. The molecular weight excluding hydrogens is 303 g/mol. The van der Waals surface area contributed by atoms with Crippen molar-refractivity contribution >= 4 is 35.7 Å². The molecular formula is C17H22Cl2N2. The highest BCUT2D eigenvalue weighted by molar-refractivity contribution is 5.85. The normalized spacial score (nSPS) is 14.5. The predicted octanol–water partition coefficient (Wildman–Crippen LogP) is 3.97. The minimum absolute atomic E-state index is 0. The average molecular weight is 325 g/mol. The van der Waals surface area contributed by atoms with E-state index in [1.165, 1.54) is 22.2 Å². The largest absolute Gasteiger partial charge is 0.299 e. The Balaban J connectivity index is 0.00000110. The van der Waals surface area contributed by atoms with E-state index in [1.54, 1.807) is 0 Å². The van der Waals surface area contributed by atoms with E-state index in [-0.39, 0.29) is 24.8 Å². The number of aromatic nitrogens is 1. The summed E-state index contributed by atoms with van der Waals surface area (Å²) in [6.45, 7) is 9.26. The molecule has 1 aromatic heterocycles. The molecule has 0 spiro atoms. The van der Waals surface area contributed by atoms with Gasteiger partial charge in [-0.2, -0.15) is 0 Å². The van der Waals surface area contributed by atoms with E-state index in [0.29, 0.717) is 0 Å². The monoisotopic (exact) mass is 324 g/mol. The van der Waals surface area contributed by atoms with Gasteiger partial charge in [0.05, 0.1) is 5.52 Å². The molecule has 2 nitrogen and oxygen atoms in total. The first-order valence-electron chi connectivity index (χ1n) is 7.00. The van der Waals surface area contributed by atoms with Crippen LogP contribution in [0.1, 0.15) is 16.8 Å². The molecule has 0 fully saturated rings. The summed E-state index contributed by atoms with van der Waals surface area (Å²) < 4.78 is 0. The number of nitrogens with zero attached hydrogens (tertiary/aromatic N) is 2. The zero-order valence-corrected chi connectivity index (χ0v) is 14.0. The summed E-state index contributed by atoms with van der Waals surface area (Å²) in [5, 5.41) is 1.30. The van der Waals surface area contributed by atoms with Gasteiger partial charge in [0.25, 0.3) is 0 Å². The molecule has 114 valence electrons. The molecule has 0 radical (unpaired) electrons. The molecule has 4 heteroatoms. The quantitative estimate of drug-likeness (QED) is 0.777. The highest BCUT2D eigenvalue weighted by Crippen LogP contribution is 2.25. The van der Waals surface area contributed by atoms with Crippen LogP contribution in [0.4, 0.5) is 0 Å². The maximum absolute atomic E-state index is 4.88. The number of benzene rings is 1. The van der Waals surface area contributed by atoms with Gasteiger partial charge in [-0.05, 0) is 30.5 Å². The molecule has 2 aromatic rings. The van der Waals surface area contributed by atoms with Crippen molar-refractivity contribution in [3.8, 4) is 0 Å². The number of hydrogen-bond acceptors (Lipinski definition) is 2. The Hall–Kier alpha value is -1.09. The standard InChI is InChI=1S/C17H20N2.2ClH/c1-3-10-19-11-8-15-13(2)14-6-4-5-7-16(14)18-17(15)9-12-19;;/h3-7H,1,8-12H2,2H3;2*1H. The summed E-state index contributed by atoms with van der Waals surface area (Å²) in [4.78, 5) is 7.34. The molecule has 0 amide bonds. The SMILES string of the molecule is C=CCN1CCc2nc3ccccc3c(C)c2CC1.Cl.Cl. The number of halogens is 2. The van der Waals surface area contributed by atoms with Gasteiger partial charge in [0.2, 0.25) is 0 Å². The zero-order chi connectivity index (χ0) is 13.2. The second-order valence-corrected chi connectivity index (χ2v) is 5.27. The molecule has 0 saturated heterocycles. The summed E-state index contributed by atoms with van der Waals surface area (Å²) in [5.74, 6) is 0. The topological polar surface area (TPSA) is 16.1 Å². The Labute approximate surface area is 139 Å². The number of fused-ring (bicyclic) bond motifs is 2. The molecule has 0 aliphatic carbocycles. The van der Waals surface area contributed by atoms with Gasteiger partial charge in [0, 0.05) is 37.1 Å². The van der Waals surface area contributed by atoms with Gasteiger partial charge in [-0.25, -0.2) is 0 Å². The Morgan fingerprint density at radius 1 is 1.19 bits per heavy atom. The van der Waals surface area contributed by atoms with Crippen LogP contribution < -0.4 is 0 Å². The molecule has 3 rings (SSSR count). The van der Waals surface area contributed by atoms with Crippen LogP contribution in [0, 0.1) is 6.92 Å². The van der Waals surface area contributed by atoms with Crippen LogP contribution in [0.25, 0.3) is 10.9 Å². The van der Waals surface area contributed by atoms with E-state index in [2.05, 4.69) is 42.7 Å². The maximum atomic E-state index is 4.88. The maximum Gasteiger partial charge on any atom is 0.0708 e. The number of para-hydroxylation sites is 1. The summed E-state index contributed by atoms with van der Waals surface area (Å²) >= 11 is 0. The van der Waals surface area contributed by atoms with Crippen molar-refractivity contribution in [2.75, 3.05) is 19.6 Å². The van der Waals surface area contributed by atoms with Crippen molar-refractivity contribution in [2.45, 2.75) is 19.8 Å². The summed E-state index contributed by atoms with van der Waals surface area (Å²) in [7, 11) is 0. The molecule has 0 N–H and O–H groups in total. The lowest BCUT2D eigenvalue weighted by molar-refractivity contribution is 0.318. The third kappa shape index (κ3) is 3.57. The molecule has 0 saturated carbocycles. The van der Waals surface area contributed by atoms with Crippen LogP contribution in [0.3, 0.4) is 0 Å². The Bertz CT molecular complexity index is 625. The number of rotatable bonds is 2. The number of pyridine rings is 1. The fourth-order valence-corrected chi connectivity index (χ4v) is 3.03. The third-order valence-corrected chi connectivity index (χ3v) is 4.09. The van der Waals surface area contributed by atoms with Gasteiger partial charge in [0.15, 0.2) is 0 Å². The molecule has 2 heterocycles. The lowest BCUT2D eigenvalue weighted by Gasteiger charge is -2.16. The Kier molecular flexibility index (Phi) is 6.66. The second kappa shape index (κ2) is 7.79. The van der Waals surface area contributed by atoms with Crippen LogP contribution in [-0.2, 0) is 12.8 Å². The fraction of sp³-hybridized carbons (Fsp3) is 0.353. The van der Waals surface area contributed by atoms with Gasteiger partial charge in [-0.15, -0.1) is 31.4 Å². The van der Waals surface area contributed by atoms with Crippen molar-refractivity contribution in [2.24, 2.45) is 0 Å². The van der Waals surface area contributed by atoms with E-state index in [9.17, 15) is 0 Å². The Morgan fingerprint density at radius 2 is 1.90 bits per heavy atom.